The molecule has 0 aliphatic rings. The fourth-order valence-corrected chi connectivity index (χ4v) is 3.41. The van der Waals surface area contributed by atoms with E-state index in [4.69, 9.17) is 28.9 Å². The van der Waals surface area contributed by atoms with Crippen molar-refractivity contribution in [3.8, 4) is 5.69 Å². The zero-order valence-corrected chi connectivity index (χ0v) is 16.1. The van der Waals surface area contributed by atoms with Crippen molar-refractivity contribution in [3.63, 3.8) is 0 Å². The van der Waals surface area contributed by atoms with Gasteiger partial charge >= 0.3 is 0 Å². The molecule has 28 heavy (non-hydrogen) atoms. The molecule has 0 aliphatic heterocycles. The molecule has 0 unspecified atom stereocenters. The average Bonchev–Trinajstić information content (AvgIpc) is 2.68. The first kappa shape index (κ1) is 18.3. The van der Waals surface area contributed by atoms with Crippen molar-refractivity contribution in [2.24, 2.45) is 0 Å². The first-order valence-electron chi connectivity index (χ1n) is 8.49. The van der Waals surface area contributed by atoms with E-state index in [1.165, 1.54) is 10.6 Å². The van der Waals surface area contributed by atoms with Gasteiger partial charge in [0.25, 0.3) is 5.56 Å². The lowest BCUT2D eigenvalue weighted by Gasteiger charge is -2.13. The zero-order valence-electron chi connectivity index (χ0n) is 14.6. The maximum atomic E-state index is 13.0. The Morgan fingerprint density at radius 3 is 2.36 bits per heavy atom. The number of nitrogens with two attached hydrogens (primary N) is 1. The van der Waals surface area contributed by atoms with E-state index in [1.54, 1.807) is 53.4 Å². The number of nitrogen functional groups attached to an aromatic ring is 1. The van der Waals surface area contributed by atoms with Gasteiger partial charge in [0.15, 0.2) is 5.43 Å². The Morgan fingerprint density at radius 1 is 0.893 bits per heavy atom. The van der Waals surface area contributed by atoms with Crippen molar-refractivity contribution < 1.29 is 0 Å². The van der Waals surface area contributed by atoms with Gasteiger partial charge in [-0.2, -0.15) is 0 Å². The predicted octanol–water partition coefficient (Wildman–Crippen LogP) is 4.09. The van der Waals surface area contributed by atoms with Gasteiger partial charge in [-0.1, -0.05) is 35.3 Å². The molecule has 2 heterocycles. The molecule has 4 aromatic rings. The summed E-state index contributed by atoms with van der Waals surface area (Å²) in [5.74, 6) is 0. The third kappa shape index (κ3) is 3.30. The molecule has 2 N–H and O–H groups in total. The maximum Gasteiger partial charge on any atom is 0.264 e. The number of hydrogen-bond acceptors (Lipinski definition) is 3. The lowest BCUT2D eigenvalue weighted by Crippen LogP contribution is -2.25. The van der Waals surface area contributed by atoms with Crippen LogP contribution in [-0.4, -0.2) is 9.13 Å². The number of rotatable bonds is 3. The van der Waals surface area contributed by atoms with Crippen LogP contribution >= 0.6 is 23.2 Å². The summed E-state index contributed by atoms with van der Waals surface area (Å²) in [7, 11) is 0. The minimum atomic E-state index is -0.353. The molecule has 0 saturated heterocycles. The van der Waals surface area contributed by atoms with E-state index >= 15 is 0 Å². The first-order valence-corrected chi connectivity index (χ1v) is 9.24. The standard InChI is InChI=1S/C21H15Cl2N3O2/c22-14-3-1-13(2-4-14)12-25-9-7-18-20(21(25)28)19(27)8-10-26(18)15-5-6-17(24)16(23)11-15/h1-11H,12,24H2. The number of halogens is 2. The van der Waals surface area contributed by atoms with Crippen LogP contribution in [0, 0.1) is 0 Å². The van der Waals surface area contributed by atoms with E-state index in [0.717, 1.165) is 5.56 Å². The molecular formula is C21H15Cl2N3O2. The van der Waals surface area contributed by atoms with Crippen molar-refractivity contribution in [1.29, 1.82) is 0 Å². The summed E-state index contributed by atoms with van der Waals surface area (Å²) in [6.45, 7) is 0.341. The Kier molecular flexibility index (Phi) is 4.71. The number of aromatic nitrogens is 2. The van der Waals surface area contributed by atoms with E-state index in [0.29, 0.717) is 33.5 Å². The zero-order chi connectivity index (χ0) is 19.8. The number of hydrogen-bond donors (Lipinski definition) is 1. The van der Waals surface area contributed by atoms with Crippen LogP contribution in [0.15, 0.2) is 76.6 Å². The molecular weight excluding hydrogens is 397 g/mol. The average molecular weight is 412 g/mol. The second-order valence-corrected chi connectivity index (χ2v) is 7.23. The van der Waals surface area contributed by atoms with Crippen LogP contribution in [0.25, 0.3) is 16.6 Å². The van der Waals surface area contributed by atoms with E-state index < -0.39 is 0 Å². The van der Waals surface area contributed by atoms with Gasteiger partial charge in [-0.05, 0) is 42.0 Å². The van der Waals surface area contributed by atoms with Gasteiger partial charge in [0, 0.05) is 29.2 Å². The Morgan fingerprint density at radius 2 is 1.64 bits per heavy atom. The van der Waals surface area contributed by atoms with Gasteiger partial charge in [-0.25, -0.2) is 0 Å². The number of fused-ring (bicyclic) bond motifs is 1. The molecule has 0 radical (unpaired) electrons. The minimum Gasteiger partial charge on any atom is -0.398 e. The van der Waals surface area contributed by atoms with E-state index in [2.05, 4.69) is 0 Å². The summed E-state index contributed by atoms with van der Waals surface area (Å²) in [6.07, 6.45) is 3.30. The Bertz CT molecular complexity index is 1310. The molecule has 7 heteroatoms. The van der Waals surface area contributed by atoms with Crippen molar-refractivity contribution in [3.05, 3.63) is 103 Å². The number of anilines is 1. The number of benzene rings is 2. The number of nitrogens with zero attached hydrogens (tertiary/aromatic N) is 2. The monoisotopic (exact) mass is 411 g/mol. The fraction of sp³-hybridized carbons (Fsp3) is 0.0476. The highest BCUT2D eigenvalue weighted by Gasteiger charge is 2.11. The summed E-state index contributed by atoms with van der Waals surface area (Å²) in [5.41, 5.74) is 7.68. The van der Waals surface area contributed by atoms with E-state index in [-0.39, 0.29) is 16.4 Å². The highest BCUT2D eigenvalue weighted by molar-refractivity contribution is 6.33. The third-order valence-electron chi connectivity index (χ3n) is 4.55. The molecule has 0 spiro atoms. The number of pyridine rings is 2. The topological polar surface area (TPSA) is 70.0 Å². The van der Waals surface area contributed by atoms with Gasteiger partial charge in [0.1, 0.15) is 5.39 Å². The summed E-state index contributed by atoms with van der Waals surface area (Å²) in [5, 5.41) is 1.15. The van der Waals surface area contributed by atoms with Crippen LogP contribution in [0.5, 0.6) is 0 Å². The van der Waals surface area contributed by atoms with Gasteiger partial charge in [0.05, 0.1) is 22.8 Å². The first-order chi connectivity index (χ1) is 13.4. The van der Waals surface area contributed by atoms with Gasteiger partial charge in [-0.15, -0.1) is 0 Å². The molecule has 5 nitrogen and oxygen atoms in total. The Hall–Kier alpha value is -3.02. The quantitative estimate of drug-likeness (QED) is 0.516. The van der Waals surface area contributed by atoms with Crippen molar-refractivity contribution in [2.75, 3.05) is 5.73 Å². The molecule has 2 aromatic carbocycles. The Labute approximate surface area is 170 Å². The molecule has 0 aliphatic carbocycles. The van der Waals surface area contributed by atoms with Crippen LogP contribution in [-0.2, 0) is 6.54 Å². The smallest absolute Gasteiger partial charge is 0.264 e. The van der Waals surface area contributed by atoms with Gasteiger partial charge < -0.3 is 14.9 Å². The molecule has 2 aromatic heterocycles. The molecule has 0 fully saturated rings. The highest BCUT2D eigenvalue weighted by Crippen LogP contribution is 2.23. The van der Waals surface area contributed by atoms with Gasteiger partial charge in [0.2, 0.25) is 0 Å². The van der Waals surface area contributed by atoms with E-state index in [1.807, 2.05) is 12.1 Å². The Balaban J connectivity index is 1.87. The molecule has 0 atom stereocenters. The van der Waals surface area contributed by atoms with E-state index in [9.17, 15) is 9.59 Å². The van der Waals surface area contributed by atoms with Crippen LogP contribution in [0.1, 0.15) is 5.56 Å². The molecule has 0 bridgehead atoms. The summed E-state index contributed by atoms with van der Waals surface area (Å²) < 4.78 is 3.25. The molecule has 0 amide bonds. The van der Waals surface area contributed by atoms with Crippen LogP contribution < -0.4 is 16.7 Å². The second-order valence-electron chi connectivity index (χ2n) is 6.39. The lowest BCUT2D eigenvalue weighted by atomic mass is 10.2. The third-order valence-corrected chi connectivity index (χ3v) is 5.13. The second kappa shape index (κ2) is 7.19. The van der Waals surface area contributed by atoms with Gasteiger partial charge in [-0.3, -0.25) is 9.59 Å². The largest absolute Gasteiger partial charge is 0.398 e. The summed E-state index contributed by atoms with van der Waals surface area (Å²) in [4.78, 5) is 25.5. The van der Waals surface area contributed by atoms with Crippen LogP contribution in [0.3, 0.4) is 0 Å². The molecule has 140 valence electrons. The van der Waals surface area contributed by atoms with Crippen molar-refractivity contribution >= 4 is 39.8 Å². The summed E-state index contributed by atoms with van der Waals surface area (Å²) >= 11 is 12.0. The SMILES string of the molecule is Nc1ccc(-n2ccc(=O)c3c(=O)n(Cc4ccc(Cl)cc4)ccc32)cc1Cl. The highest BCUT2D eigenvalue weighted by atomic mass is 35.5. The van der Waals surface area contributed by atoms with Crippen LogP contribution in [0.4, 0.5) is 5.69 Å². The predicted molar refractivity (Wildman–Crippen MR) is 114 cm³/mol. The normalized spacial score (nSPS) is 11.1. The fourth-order valence-electron chi connectivity index (χ4n) is 3.11. The minimum absolute atomic E-state index is 0.118. The molecule has 0 saturated carbocycles. The van der Waals surface area contributed by atoms with Crippen molar-refractivity contribution in [2.45, 2.75) is 6.54 Å². The van der Waals surface area contributed by atoms with Crippen LogP contribution in [0.2, 0.25) is 10.0 Å². The maximum absolute atomic E-state index is 13.0. The molecule has 4 rings (SSSR count). The lowest BCUT2D eigenvalue weighted by molar-refractivity contribution is 0.766. The van der Waals surface area contributed by atoms with Crippen molar-refractivity contribution in [1.82, 2.24) is 9.13 Å². The summed E-state index contributed by atoms with van der Waals surface area (Å²) in [6, 6.07) is 15.5.